The number of ketones is 2. The van der Waals surface area contributed by atoms with E-state index in [1.54, 1.807) is 6.08 Å². The molecule has 0 heterocycles. The van der Waals surface area contributed by atoms with Crippen LogP contribution in [-0.4, -0.2) is 26.5 Å². The maximum atomic E-state index is 12.7. The van der Waals surface area contributed by atoms with Crippen LogP contribution in [0, 0.1) is 23.7 Å². The van der Waals surface area contributed by atoms with E-state index in [4.69, 9.17) is 0 Å². The molecule has 4 rings (SSSR count). The van der Waals surface area contributed by atoms with Crippen molar-refractivity contribution in [1.29, 1.82) is 0 Å². The van der Waals surface area contributed by atoms with Crippen LogP contribution in [-0.2, 0) is 9.59 Å². The molecule has 3 aliphatic carbocycles. The molecule has 0 aromatic heterocycles. The van der Waals surface area contributed by atoms with E-state index in [1.165, 1.54) is 0 Å². The van der Waals surface area contributed by atoms with E-state index < -0.39 is 0 Å². The van der Waals surface area contributed by atoms with Gasteiger partial charge in [0.1, 0.15) is 0 Å². The van der Waals surface area contributed by atoms with Crippen LogP contribution in [0.3, 0.4) is 0 Å². The van der Waals surface area contributed by atoms with Crippen molar-refractivity contribution in [1.82, 2.24) is 0 Å². The normalized spacial score (nSPS) is 34.3. The second kappa shape index (κ2) is 4.54. The molecule has 0 spiro atoms. The number of hydrogen-bond donors (Lipinski definition) is 0. The molecule has 0 radical (unpaired) electrons. The molecule has 2 bridgehead atoms. The van der Waals surface area contributed by atoms with Gasteiger partial charge in [-0.3, -0.25) is 0 Å². The zero-order chi connectivity index (χ0) is 13.7. The van der Waals surface area contributed by atoms with E-state index in [-0.39, 0.29) is 38.4 Å². The van der Waals surface area contributed by atoms with Gasteiger partial charge in [0.15, 0.2) is 0 Å². The van der Waals surface area contributed by atoms with Gasteiger partial charge < -0.3 is 0 Å². The fourth-order valence-corrected chi connectivity index (χ4v) is 5.74. The van der Waals surface area contributed by atoms with E-state index in [0.717, 1.165) is 15.4 Å². The van der Waals surface area contributed by atoms with Gasteiger partial charge in [0.2, 0.25) is 0 Å². The fraction of sp³-hybridized carbons (Fsp3) is 0.294. The van der Waals surface area contributed by atoms with E-state index in [1.807, 2.05) is 30.3 Å². The molecule has 3 heteroatoms. The number of hydrogen-bond acceptors (Lipinski definition) is 2. The zero-order valence-electron chi connectivity index (χ0n) is 10.9. The molecule has 1 saturated carbocycles. The van der Waals surface area contributed by atoms with Crippen LogP contribution in [0.4, 0.5) is 0 Å². The molecule has 2 nitrogen and oxygen atoms in total. The Hall–Kier alpha value is -1.44. The van der Waals surface area contributed by atoms with Crippen molar-refractivity contribution < 1.29 is 9.59 Å². The first kappa shape index (κ1) is 12.3. The summed E-state index contributed by atoms with van der Waals surface area (Å²) in [6.07, 6.45) is 6.92. The number of fused-ring (bicyclic) bond motifs is 5. The van der Waals surface area contributed by atoms with Crippen LogP contribution < -0.4 is 4.46 Å². The Morgan fingerprint density at radius 2 is 1.65 bits per heavy atom. The summed E-state index contributed by atoms with van der Waals surface area (Å²) in [6.45, 7) is 0. The van der Waals surface area contributed by atoms with Crippen LogP contribution in [0.15, 0.2) is 53.0 Å². The Kier molecular flexibility index (Phi) is 2.80. The van der Waals surface area contributed by atoms with Crippen LogP contribution in [0.25, 0.3) is 0 Å². The number of benzene rings is 1. The number of carbonyl (C=O) groups excluding carboxylic acids is 2. The third kappa shape index (κ3) is 1.77. The molecule has 4 unspecified atom stereocenters. The molecule has 4 atom stereocenters. The Balaban J connectivity index is 1.66. The summed E-state index contributed by atoms with van der Waals surface area (Å²) in [6, 6.07) is 10.0. The van der Waals surface area contributed by atoms with Crippen molar-refractivity contribution >= 4 is 31.0 Å². The van der Waals surface area contributed by atoms with Crippen molar-refractivity contribution in [2.75, 3.05) is 0 Å². The van der Waals surface area contributed by atoms with Crippen LogP contribution >= 0.6 is 0 Å². The minimum absolute atomic E-state index is 0.0511. The average Bonchev–Trinajstić information content (AvgIpc) is 3.06. The van der Waals surface area contributed by atoms with Crippen LogP contribution in [0.5, 0.6) is 0 Å². The summed E-state index contributed by atoms with van der Waals surface area (Å²) >= 11 is -0.0511. The SMILES string of the molecule is O=C1C=C([Se]c2ccccc2)C(=O)C2C3C=CC(C3)C12. The van der Waals surface area contributed by atoms with Crippen LogP contribution in [0.2, 0.25) is 0 Å². The quantitative estimate of drug-likeness (QED) is 0.609. The summed E-state index contributed by atoms with van der Waals surface area (Å²) < 4.78 is 1.92. The van der Waals surface area contributed by atoms with Gasteiger partial charge in [0, 0.05) is 0 Å². The molecule has 0 aliphatic heterocycles. The summed E-state index contributed by atoms with van der Waals surface area (Å²) in [5, 5.41) is 0. The summed E-state index contributed by atoms with van der Waals surface area (Å²) in [7, 11) is 0. The summed E-state index contributed by atoms with van der Waals surface area (Å²) in [5.41, 5.74) is 0. The predicted molar refractivity (Wildman–Crippen MR) is 77.6 cm³/mol. The minimum atomic E-state index is -0.0666. The first-order chi connectivity index (χ1) is 9.74. The first-order valence-electron chi connectivity index (χ1n) is 6.95. The van der Waals surface area contributed by atoms with Crippen molar-refractivity contribution in [3.8, 4) is 0 Å². The van der Waals surface area contributed by atoms with Gasteiger partial charge in [-0.25, -0.2) is 0 Å². The molecular formula is C17H14O2Se. The second-order valence-corrected chi connectivity index (χ2v) is 8.03. The molecule has 1 aromatic rings. The van der Waals surface area contributed by atoms with Gasteiger partial charge in [0.05, 0.1) is 0 Å². The Labute approximate surface area is 124 Å². The monoisotopic (exact) mass is 330 g/mol. The molecule has 0 N–H and O–H groups in total. The van der Waals surface area contributed by atoms with Crippen molar-refractivity contribution in [3.05, 3.63) is 53.0 Å². The molecular weight excluding hydrogens is 315 g/mol. The average molecular weight is 329 g/mol. The topological polar surface area (TPSA) is 34.1 Å². The molecule has 20 heavy (non-hydrogen) atoms. The van der Waals surface area contributed by atoms with Gasteiger partial charge in [0.25, 0.3) is 0 Å². The van der Waals surface area contributed by atoms with Gasteiger partial charge in [-0.05, 0) is 0 Å². The van der Waals surface area contributed by atoms with Gasteiger partial charge in [-0.15, -0.1) is 0 Å². The first-order valence-corrected chi connectivity index (χ1v) is 8.66. The van der Waals surface area contributed by atoms with Gasteiger partial charge in [-0.1, -0.05) is 0 Å². The van der Waals surface area contributed by atoms with E-state index in [2.05, 4.69) is 12.2 Å². The number of rotatable bonds is 2. The van der Waals surface area contributed by atoms with Crippen LogP contribution in [0.1, 0.15) is 6.42 Å². The molecule has 3 aliphatic rings. The van der Waals surface area contributed by atoms with E-state index >= 15 is 0 Å². The zero-order valence-corrected chi connectivity index (χ0v) is 12.6. The molecule has 0 saturated heterocycles. The number of Topliss-reactive ketones (excluding diaryl/α,β-unsaturated/α-hetero) is 1. The summed E-state index contributed by atoms with van der Waals surface area (Å²) in [4.78, 5) is 25.1. The second-order valence-electron chi connectivity index (χ2n) is 5.69. The summed E-state index contributed by atoms with van der Waals surface area (Å²) in [5.74, 6) is 0.894. The standard InChI is InChI=1S/C17H14O2Se/c18-13-9-14(20-12-4-2-1-3-5-12)17(19)16-11-7-6-10(8-11)15(13)16/h1-7,9-11,15-16H,8H2. The molecule has 1 aromatic carbocycles. The number of carbonyl (C=O) groups is 2. The van der Waals surface area contributed by atoms with Crippen molar-refractivity contribution in [2.24, 2.45) is 23.7 Å². The van der Waals surface area contributed by atoms with Gasteiger partial charge >= 0.3 is 124 Å². The van der Waals surface area contributed by atoms with E-state index in [0.29, 0.717) is 11.8 Å². The predicted octanol–water partition coefficient (Wildman–Crippen LogP) is 1.49. The Bertz CT molecular complexity index is 644. The third-order valence-electron chi connectivity index (χ3n) is 4.58. The molecule has 100 valence electrons. The Morgan fingerprint density at radius 1 is 0.950 bits per heavy atom. The van der Waals surface area contributed by atoms with E-state index in [9.17, 15) is 9.59 Å². The van der Waals surface area contributed by atoms with Crippen molar-refractivity contribution in [2.45, 2.75) is 6.42 Å². The molecule has 1 fully saturated rings. The van der Waals surface area contributed by atoms with Crippen molar-refractivity contribution in [3.63, 3.8) is 0 Å². The Morgan fingerprint density at radius 3 is 2.40 bits per heavy atom. The van der Waals surface area contributed by atoms with Gasteiger partial charge in [-0.2, -0.15) is 0 Å². The number of allylic oxidation sites excluding steroid dienone is 4. The fourth-order valence-electron chi connectivity index (χ4n) is 3.72. The third-order valence-corrected chi connectivity index (χ3v) is 6.77. The molecule has 0 amide bonds. The maximum absolute atomic E-state index is 12.7.